The van der Waals surface area contributed by atoms with Crippen molar-refractivity contribution in [3.63, 3.8) is 0 Å². The van der Waals surface area contributed by atoms with Crippen molar-refractivity contribution < 1.29 is 4.79 Å². The molecule has 1 amide bonds. The third-order valence-electron chi connectivity index (χ3n) is 3.58. The lowest BCUT2D eigenvalue weighted by Gasteiger charge is -2.06. The fourth-order valence-electron chi connectivity index (χ4n) is 2.35. The number of nitrogens with one attached hydrogen (secondary N) is 2. The van der Waals surface area contributed by atoms with Gasteiger partial charge in [-0.05, 0) is 49.1 Å². The summed E-state index contributed by atoms with van der Waals surface area (Å²) in [5, 5.41) is 7.32. The van der Waals surface area contributed by atoms with Crippen LogP contribution in [-0.4, -0.2) is 18.7 Å². The lowest BCUT2D eigenvalue weighted by Crippen LogP contribution is -2.18. The minimum absolute atomic E-state index is 0.0743. The van der Waals surface area contributed by atoms with Gasteiger partial charge in [0.2, 0.25) is 5.91 Å². The molecule has 4 nitrogen and oxygen atoms in total. The SMILES string of the molecule is CC(C=NNC(=O)CCCNc1cccc(C)c1)=Cc1ccccc1. The molecule has 0 aliphatic carbocycles. The number of carbonyl (C=O) groups is 1. The van der Waals surface area contributed by atoms with Crippen LogP contribution in [0.3, 0.4) is 0 Å². The topological polar surface area (TPSA) is 53.5 Å². The van der Waals surface area contributed by atoms with Crippen molar-refractivity contribution in [1.29, 1.82) is 0 Å². The van der Waals surface area contributed by atoms with Crippen LogP contribution in [0.5, 0.6) is 0 Å². The molecule has 130 valence electrons. The second-order valence-corrected chi connectivity index (χ2v) is 5.99. The Bertz CT molecular complexity index is 736. The highest BCUT2D eigenvalue weighted by Gasteiger charge is 1.99. The lowest BCUT2D eigenvalue weighted by molar-refractivity contribution is -0.121. The van der Waals surface area contributed by atoms with Crippen molar-refractivity contribution in [3.8, 4) is 0 Å². The molecular formula is C21H25N3O. The number of nitrogens with zero attached hydrogens (tertiary/aromatic N) is 1. The summed E-state index contributed by atoms with van der Waals surface area (Å²) in [7, 11) is 0. The summed E-state index contributed by atoms with van der Waals surface area (Å²) in [6, 6.07) is 18.2. The molecule has 0 heterocycles. The van der Waals surface area contributed by atoms with E-state index in [1.807, 2.05) is 55.5 Å². The molecule has 2 N–H and O–H groups in total. The second-order valence-electron chi connectivity index (χ2n) is 5.99. The summed E-state index contributed by atoms with van der Waals surface area (Å²) < 4.78 is 0. The first-order valence-corrected chi connectivity index (χ1v) is 8.49. The van der Waals surface area contributed by atoms with Crippen LogP contribution in [0, 0.1) is 6.92 Å². The molecule has 0 fully saturated rings. The van der Waals surface area contributed by atoms with Gasteiger partial charge in [0.05, 0.1) is 6.21 Å². The van der Waals surface area contributed by atoms with Gasteiger partial charge in [0.1, 0.15) is 0 Å². The molecule has 0 unspecified atom stereocenters. The zero-order chi connectivity index (χ0) is 17.9. The molecule has 25 heavy (non-hydrogen) atoms. The molecule has 0 atom stereocenters. The standard InChI is InChI=1S/C21H25N3O/c1-17-8-6-11-20(15-17)22-13-7-12-21(25)24-23-16-18(2)14-19-9-4-3-5-10-19/h3-6,8-11,14-16,22H,7,12-13H2,1-2H3,(H,24,25). The average Bonchev–Trinajstić information content (AvgIpc) is 2.60. The van der Waals surface area contributed by atoms with Gasteiger partial charge in [-0.3, -0.25) is 4.79 Å². The number of hydrogen-bond acceptors (Lipinski definition) is 3. The molecule has 0 saturated heterocycles. The second kappa shape index (κ2) is 10.1. The first kappa shape index (κ1) is 18.5. The van der Waals surface area contributed by atoms with Crippen LogP contribution < -0.4 is 10.7 Å². The van der Waals surface area contributed by atoms with E-state index in [0.717, 1.165) is 29.8 Å². The van der Waals surface area contributed by atoms with E-state index in [4.69, 9.17) is 0 Å². The zero-order valence-electron chi connectivity index (χ0n) is 14.8. The number of anilines is 1. The van der Waals surface area contributed by atoms with Crippen molar-refractivity contribution in [2.24, 2.45) is 5.10 Å². The quantitative estimate of drug-likeness (QED) is 0.427. The van der Waals surface area contributed by atoms with E-state index < -0.39 is 0 Å². The number of allylic oxidation sites excluding steroid dienone is 1. The Labute approximate surface area is 149 Å². The van der Waals surface area contributed by atoms with Crippen molar-refractivity contribution >= 4 is 23.9 Å². The molecule has 2 aromatic carbocycles. The van der Waals surface area contributed by atoms with E-state index >= 15 is 0 Å². The van der Waals surface area contributed by atoms with Gasteiger partial charge in [-0.15, -0.1) is 0 Å². The Morgan fingerprint density at radius 1 is 1.12 bits per heavy atom. The maximum absolute atomic E-state index is 11.8. The Balaban J connectivity index is 1.66. The molecule has 0 saturated carbocycles. The van der Waals surface area contributed by atoms with Crippen molar-refractivity contribution in [2.75, 3.05) is 11.9 Å². The molecule has 0 aliphatic heterocycles. The number of hydrazone groups is 1. The van der Waals surface area contributed by atoms with E-state index in [-0.39, 0.29) is 5.91 Å². The number of amides is 1. The summed E-state index contributed by atoms with van der Waals surface area (Å²) >= 11 is 0. The van der Waals surface area contributed by atoms with Gasteiger partial charge in [-0.2, -0.15) is 5.10 Å². The minimum Gasteiger partial charge on any atom is -0.385 e. The van der Waals surface area contributed by atoms with Gasteiger partial charge in [0.15, 0.2) is 0 Å². The van der Waals surface area contributed by atoms with Crippen molar-refractivity contribution in [2.45, 2.75) is 26.7 Å². The third kappa shape index (κ3) is 7.48. The first-order valence-electron chi connectivity index (χ1n) is 8.49. The van der Waals surface area contributed by atoms with Crippen LogP contribution >= 0.6 is 0 Å². The van der Waals surface area contributed by atoms with Gasteiger partial charge in [0.25, 0.3) is 0 Å². The molecule has 0 bridgehead atoms. The van der Waals surface area contributed by atoms with Crippen LogP contribution in [0.2, 0.25) is 0 Å². The Morgan fingerprint density at radius 3 is 2.68 bits per heavy atom. The molecule has 2 rings (SSSR count). The van der Waals surface area contributed by atoms with Crippen LogP contribution in [0.1, 0.15) is 30.9 Å². The van der Waals surface area contributed by atoms with Crippen molar-refractivity contribution in [1.82, 2.24) is 5.43 Å². The number of aryl methyl sites for hydroxylation is 1. The predicted molar refractivity (Wildman–Crippen MR) is 106 cm³/mol. The molecule has 0 aromatic heterocycles. The van der Waals surface area contributed by atoms with Gasteiger partial charge < -0.3 is 5.32 Å². The predicted octanol–water partition coefficient (Wildman–Crippen LogP) is 4.39. The summed E-state index contributed by atoms with van der Waals surface area (Å²) in [5.74, 6) is -0.0743. The monoisotopic (exact) mass is 335 g/mol. The highest BCUT2D eigenvalue weighted by atomic mass is 16.2. The summed E-state index contributed by atoms with van der Waals surface area (Å²) in [5.41, 5.74) is 6.96. The number of benzene rings is 2. The van der Waals surface area contributed by atoms with Crippen molar-refractivity contribution in [3.05, 3.63) is 71.3 Å². The average molecular weight is 335 g/mol. The third-order valence-corrected chi connectivity index (χ3v) is 3.58. The fraction of sp³-hybridized carbons (Fsp3) is 0.238. The minimum atomic E-state index is -0.0743. The molecule has 0 radical (unpaired) electrons. The maximum Gasteiger partial charge on any atom is 0.240 e. The maximum atomic E-state index is 11.8. The summed E-state index contributed by atoms with van der Waals surface area (Å²) in [6.07, 6.45) is 4.88. The molecule has 2 aromatic rings. The van der Waals surface area contributed by atoms with Gasteiger partial charge in [0, 0.05) is 18.7 Å². The highest BCUT2D eigenvalue weighted by molar-refractivity contribution is 5.86. The van der Waals surface area contributed by atoms with E-state index in [1.165, 1.54) is 5.56 Å². The molecule has 4 heteroatoms. The smallest absolute Gasteiger partial charge is 0.240 e. The number of carbonyl (C=O) groups excluding carboxylic acids is 1. The summed E-state index contributed by atoms with van der Waals surface area (Å²) in [4.78, 5) is 11.8. The Morgan fingerprint density at radius 2 is 1.92 bits per heavy atom. The lowest BCUT2D eigenvalue weighted by atomic mass is 10.1. The van der Waals surface area contributed by atoms with E-state index in [9.17, 15) is 4.79 Å². The van der Waals surface area contributed by atoms with E-state index in [0.29, 0.717) is 6.42 Å². The first-order chi connectivity index (χ1) is 12.1. The Hall–Kier alpha value is -2.88. The van der Waals surface area contributed by atoms with Gasteiger partial charge in [-0.1, -0.05) is 48.5 Å². The van der Waals surface area contributed by atoms with E-state index in [2.05, 4.69) is 34.9 Å². The highest BCUT2D eigenvalue weighted by Crippen LogP contribution is 2.09. The number of hydrogen-bond donors (Lipinski definition) is 2. The molecule has 0 aliphatic rings. The number of rotatable bonds is 8. The Kier molecular flexibility index (Phi) is 7.44. The molecular weight excluding hydrogens is 310 g/mol. The zero-order valence-corrected chi connectivity index (χ0v) is 14.8. The van der Waals surface area contributed by atoms with Crippen LogP contribution in [0.15, 0.2) is 65.3 Å². The van der Waals surface area contributed by atoms with E-state index in [1.54, 1.807) is 6.21 Å². The van der Waals surface area contributed by atoms with Gasteiger partial charge in [-0.25, -0.2) is 5.43 Å². The fourth-order valence-corrected chi connectivity index (χ4v) is 2.35. The van der Waals surface area contributed by atoms with Crippen LogP contribution in [0.4, 0.5) is 5.69 Å². The van der Waals surface area contributed by atoms with Crippen LogP contribution in [0.25, 0.3) is 6.08 Å². The summed E-state index contributed by atoms with van der Waals surface area (Å²) in [6.45, 7) is 4.77. The van der Waals surface area contributed by atoms with Gasteiger partial charge >= 0.3 is 0 Å². The van der Waals surface area contributed by atoms with Crippen LogP contribution in [-0.2, 0) is 4.79 Å². The normalized spacial score (nSPS) is 11.5. The molecule has 0 spiro atoms. The largest absolute Gasteiger partial charge is 0.385 e.